The second kappa shape index (κ2) is 8.41. The zero-order valence-corrected chi connectivity index (χ0v) is 17.2. The molecule has 0 saturated heterocycles. The van der Waals surface area contributed by atoms with Gasteiger partial charge in [0, 0.05) is 11.6 Å². The third kappa shape index (κ3) is 5.31. The summed E-state index contributed by atoms with van der Waals surface area (Å²) in [5.41, 5.74) is 0.901. The molecule has 0 aliphatic rings. The van der Waals surface area contributed by atoms with Crippen LogP contribution in [-0.4, -0.2) is 40.3 Å². The number of rotatable bonds is 7. The van der Waals surface area contributed by atoms with Crippen molar-refractivity contribution in [3.63, 3.8) is 0 Å². The van der Waals surface area contributed by atoms with Gasteiger partial charge in [-0.3, -0.25) is 4.79 Å². The SMILES string of the molecule is Cc1ccc(S(=O)(=O)[C@@H](C)C(=O)NCCS(=O)(=O)c2ccc(Cl)cc2)cc1. The van der Waals surface area contributed by atoms with Crippen molar-refractivity contribution in [1.82, 2.24) is 5.32 Å². The van der Waals surface area contributed by atoms with Gasteiger partial charge in [-0.25, -0.2) is 16.8 Å². The van der Waals surface area contributed by atoms with Gasteiger partial charge >= 0.3 is 0 Å². The molecule has 9 heteroatoms. The molecule has 0 aliphatic carbocycles. The van der Waals surface area contributed by atoms with Gasteiger partial charge in [-0.1, -0.05) is 29.3 Å². The Morgan fingerprint density at radius 1 is 0.963 bits per heavy atom. The van der Waals surface area contributed by atoms with E-state index in [1.165, 1.54) is 43.3 Å². The monoisotopic (exact) mass is 429 g/mol. The number of nitrogens with one attached hydrogen (secondary N) is 1. The van der Waals surface area contributed by atoms with Crippen molar-refractivity contribution >= 4 is 37.2 Å². The van der Waals surface area contributed by atoms with Crippen LogP contribution in [0.15, 0.2) is 58.3 Å². The Morgan fingerprint density at radius 3 is 2.04 bits per heavy atom. The number of sulfone groups is 2. The lowest BCUT2D eigenvalue weighted by Crippen LogP contribution is -2.39. The molecule has 0 heterocycles. The first kappa shape index (κ1) is 21.4. The quantitative estimate of drug-likeness (QED) is 0.728. The number of halogens is 1. The van der Waals surface area contributed by atoms with Gasteiger partial charge < -0.3 is 5.32 Å². The Labute approximate surface area is 164 Å². The molecule has 0 fully saturated rings. The Bertz CT molecular complexity index is 1010. The smallest absolute Gasteiger partial charge is 0.238 e. The van der Waals surface area contributed by atoms with Crippen LogP contribution in [0.1, 0.15) is 12.5 Å². The van der Waals surface area contributed by atoms with Gasteiger partial charge in [0.05, 0.1) is 15.5 Å². The summed E-state index contributed by atoms with van der Waals surface area (Å²) in [7, 11) is -7.47. The Kier molecular flexibility index (Phi) is 6.67. The highest BCUT2D eigenvalue weighted by molar-refractivity contribution is 7.92. The number of hydrogen-bond donors (Lipinski definition) is 1. The zero-order chi connectivity index (χ0) is 20.2. The predicted molar refractivity (Wildman–Crippen MR) is 104 cm³/mol. The van der Waals surface area contributed by atoms with Gasteiger partial charge in [0.25, 0.3) is 0 Å². The average Bonchev–Trinajstić information content (AvgIpc) is 2.61. The number of aryl methyl sites for hydroxylation is 1. The van der Waals surface area contributed by atoms with Crippen LogP contribution in [0, 0.1) is 6.92 Å². The van der Waals surface area contributed by atoms with E-state index in [1.807, 2.05) is 6.92 Å². The van der Waals surface area contributed by atoms with E-state index >= 15 is 0 Å². The molecule has 6 nitrogen and oxygen atoms in total. The van der Waals surface area contributed by atoms with Crippen molar-refractivity contribution in [2.75, 3.05) is 12.3 Å². The van der Waals surface area contributed by atoms with Gasteiger partial charge in [0.15, 0.2) is 19.7 Å². The zero-order valence-electron chi connectivity index (χ0n) is 14.8. The Balaban J connectivity index is 2.00. The lowest BCUT2D eigenvalue weighted by atomic mass is 10.2. The molecule has 146 valence electrons. The van der Waals surface area contributed by atoms with Crippen LogP contribution in [0.5, 0.6) is 0 Å². The summed E-state index contributed by atoms with van der Waals surface area (Å²) in [6, 6.07) is 11.9. The maximum absolute atomic E-state index is 12.5. The fourth-order valence-corrected chi connectivity index (χ4v) is 4.86. The maximum atomic E-state index is 12.5. The molecule has 0 aromatic heterocycles. The normalized spacial score (nSPS) is 13.1. The number of benzene rings is 2. The molecule has 0 aliphatic heterocycles. The van der Waals surface area contributed by atoms with Crippen LogP contribution >= 0.6 is 11.6 Å². The molecular formula is C18H20ClNO5S2. The molecule has 0 radical (unpaired) electrons. The lowest BCUT2D eigenvalue weighted by molar-refractivity contribution is -0.120. The van der Waals surface area contributed by atoms with E-state index in [0.717, 1.165) is 5.56 Å². The molecule has 2 aromatic rings. The average molecular weight is 430 g/mol. The minimum Gasteiger partial charge on any atom is -0.354 e. The second-order valence-electron chi connectivity index (χ2n) is 6.06. The minimum absolute atomic E-state index is 0.0459. The summed E-state index contributed by atoms with van der Waals surface area (Å²) >= 11 is 5.74. The standard InChI is InChI=1S/C18H20ClNO5S2/c1-13-3-7-17(8-4-13)27(24,25)14(2)18(21)20-11-12-26(22,23)16-9-5-15(19)6-10-16/h3-10,14H,11-12H2,1-2H3,(H,20,21)/t14-/m0/s1. The van der Waals surface area contributed by atoms with E-state index in [1.54, 1.807) is 12.1 Å². The van der Waals surface area contributed by atoms with Crippen molar-refractivity contribution in [3.8, 4) is 0 Å². The summed E-state index contributed by atoms with van der Waals surface area (Å²) < 4.78 is 49.5. The Hall–Kier alpha value is -1.90. The van der Waals surface area contributed by atoms with Gasteiger partial charge in [0.2, 0.25) is 5.91 Å². The molecule has 0 unspecified atom stereocenters. The topological polar surface area (TPSA) is 97.4 Å². The van der Waals surface area contributed by atoms with Crippen molar-refractivity contribution < 1.29 is 21.6 Å². The van der Waals surface area contributed by atoms with Crippen molar-refractivity contribution in [1.29, 1.82) is 0 Å². The molecule has 27 heavy (non-hydrogen) atoms. The summed E-state index contributed by atoms with van der Waals surface area (Å²) in [4.78, 5) is 12.3. The number of hydrogen-bond acceptors (Lipinski definition) is 5. The number of carbonyl (C=O) groups excluding carboxylic acids is 1. The highest BCUT2D eigenvalue weighted by Crippen LogP contribution is 2.17. The van der Waals surface area contributed by atoms with E-state index in [-0.39, 0.29) is 22.1 Å². The van der Waals surface area contributed by atoms with Crippen molar-refractivity contribution in [2.24, 2.45) is 0 Å². The second-order valence-corrected chi connectivity index (χ2v) is 10.9. The molecule has 1 N–H and O–H groups in total. The third-order valence-electron chi connectivity index (χ3n) is 4.03. The first-order valence-electron chi connectivity index (χ1n) is 8.10. The summed E-state index contributed by atoms with van der Waals surface area (Å²) in [5.74, 6) is -1.10. The minimum atomic E-state index is -3.85. The van der Waals surface area contributed by atoms with Crippen LogP contribution in [0.4, 0.5) is 0 Å². The molecule has 0 bridgehead atoms. The van der Waals surface area contributed by atoms with Gasteiger partial charge in [0.1, 0.15) is 5.25 Å². The fourth-order valence-electron chi connectivity index (χ4n) is 2.29. The van der Waals surface area contributed by atoms with E-state index in [0.29, 0.717) is 5.02 Å². The van der Waals surface area contributed by atoms with Crippen LogP contribution < -0.4 is 5.32 Å². The van der Waals surface area contributed by atoms with Crippen LogP contribution in [-0.2, 0) is 24.5 Å². The molecule has 2 rings (SSSR count). The molecule has 0 spiro atoms. The molecule has 1 amide bonds. The first-order chi connectivity index (χ1) is 12.5. The van der Waals surface area contributed by atoms with Crippen molar-refractivity contribution in [2.45, 2.75) is 28.9 Å². The molecule has 2 aromatic carbocycles. The summed E-state index contributed by atoms with van der Waals surface area (Å²) in [6.45, 7) is 2.91. The van der Waals surface area contributed by atoms with E-state index in [2.05, 4.69) is 5.32 Å². The van der Waals surface area contributed by atoms with Gasteiger partial charge in [-0.15, -0.1) is 0 Å². The maximum Gasteiger partial charge on any atom is 0.238 e. The van der Waals surface area contributed by atoms with Crippen LogP contribution in [0.2, 0.25) is 5.02 Å². The summed E-state index contributed by atoms with van der Waals surface area (Å²) in [6.07, 6.45) is 0. The van der Waals surface area contributed by atoms with Crippen LogP contribution in [0.25, 0.3) is 0 Å². The number of amides is 1. The first-order valence-corrected chi connectivity index (χ1v) is 11.7. The predicted octanol–water partition coefficient (Wildman–Crippen LogP) is 2.40. The summed E-state index contributed by atoms with van der Waals surface area (Å²) in [5, 5.41) is 1.46. The lowest BCUT2D eigenvalue weighted by Gasteiger charge is -2.14. The van der Waals surface area contributed by atoms with E-state index in [9.17, 15) is 21.6 Å². The van der Waals surface area contributed by atoms with E-state index < -0.39 is 30.8 Å². The largest absolute Gasteiger partial charge is 0.354 e. The highest BCUT2D eigenvalue weighted by atomic mass is 35.5. The molecule has 1 atom stereocenters. The van der Waals surface area contributed by atoms with Gasteiger partial charge in [-0.05, 0) is 50.2 Å². The molecule has 0 saturated carbocycles. The van der Waals surface area contributed by atoms with E-state index in [4.69, 9.17) is 11.6 Å². The number of carbonyl (C=O) groups is 1. The third-order valence-corrected chi connectivity index (χ3v) is 8.09. The fraction of sp³-hybridized carbons (Fsp3) is 0.278. The van der Waals surface area contributed by atoms with Crippen LogP contribution in [0.3, 0.4) is 0 Å². The Morgan fingerprint density at radius 2 is 1.48 bits per heavy atom. The molecular weight excluding hydrogens is 410 g/mol. The van der Waals surface area contributed by atoms with Crippen molar-refractivity contribution in [3.05, 3.63) is 59.1 Å². The van der Waals surface area contributed by atoms with Gasteiger partial charge in [-0.2, -0.15) is 0 Å². The highest BCUT2D eigenvalue weighted by Gasteiger charge is 2.29.